The largest absolute Gasteiger partial charge is 0.454 e. The molecule has 114 valence electrons. The minimum atomic E-state index is -0.0397. The lowest BCUT2D eigenvalue weighted by atomic mass is 10.1. The second kappa shape index (κ2) is 4.85. The third-order valence-electron chi connectivity index (χ3n) is 4.33. The van der Waals surface area contributed by atoms with Crippen LogP contribution in [-0.4, -0.2) is 4.57 Å². The van der Waals surface area contributed by atoms with Crippen LogP contribution < -0.4 is 5.56 Å². The van der Waals surface area contributed by atoms with E-state index in [-0.39, 0.29) is 5.56 Å². The van der Waals surface area contributed by atoms with Gasteiger partial charge in [-0.1, -0.05) is 29.8 Å². The standard InChI is InChI=1S/C20H17NO2/c1-12-4-7-15(8-5-12)21-14(3)20-17(11-19(21)22)16-9-6-13(2)10-18(16)23-20/h4-11H,1-3H3. The molecule has 23 heavy (non-hydrogen) atoms. The van der Waals surface area contributed by atoms with Gasteiger partial charge in [-0.3, -0.25) is 9.36 Å². The number of nitrogens with zero attached hydrogens (tertiary/aromatic N) is 1. The van der Waals surface area contributed by atoms with E-state index >= 15 is 0 Å². The van der Waals surface area contributed by atoms with E-state index in [1.165, 1.54) is 5.56 Å². The Bertz CT molecular complexity index is 1100. The van der Waals surface area contributed by atoms with Crippen LogP contribution in [0.2, 0.25) is 0 Å². The number of hydrogen-bond acceptors (Lipinski definition) is 2. The number of pyridine rings is 1. The molecule has 0 saturated carbocycles. The van der Waals surface area contributed by atoms with Crippen molar-refractivity contribution in [2.24, 2.45) is 0 Å². The summed E-state index contributed by atoms with van der Waals surface area (Å²) in [5.41, 5.74) is 5.54. The number of fused-ring (bicyclic) bond motifs is 3. The third kappa shape index (κ3) is 2.08. The molecule has 0 unspecified atom stereocenters. The summed E-state index contributed by atoms with van der Waals surface area (Å²) in [6.45, 7) is 5.99. The van der Waals surface area contributed by atoms with E-state index in [4.69, 9.17) is 4.42 Å². The molecular weight excluding hydrogens is 286 g/mol. The topological polar surface area (TPSA) is 35.1 Å². The molecule has 2 heterocycles. The molecule has 0 spiro atoms. The zero-order chi connectivity index (χ0) is 16.1. The first kappa shape index (κ1) is 13.8. The van der Waals surface area contributed by atoms with Crippen LogP contribution in [0.3, 0.4) is 0 Å². The second-order valence-corrected chi connectivity index (χ2v) is 6.08. The zero-order valence-electron chi connectivity index (χ0n) is 13.4. The maximum absolute atomic E-state index is 12.7. The molecule has 0 N–H and O–H groups in total. The Morgan fingerprint density at radius 3 is 2.26 bits per heavy atom. The van der Waals surface area contributed by atoms with Crippen molar-refractivity contribution in [2.45, 2.75) is 20.8 Å². The zero-order valence-corrected chi connectivity index (χ0v) is 13.4. The SMILES string of the molecule is Cc1ccc(-n2c(C)c3oc4cc(C)ccc4c3cc2=O)cc1. The smallest absolute Gasteiger partial charge is 0.256 e. The normalized spacial score (nSPS) is 11.4. The third-order valence-corrected chi connectivity index (χ3v) is 4.33. The average molecular weight is 303 g/mol. The Kier molecular flexibility index (Phi) is 2.91. The van der Waals surface area contributed by atoms with Crippen molar-refractivity contribution in [3.63, 3.8) is 0 Å². The Morgan fingerprint density at radius 1 is 0.826 bits per heavy atom. The van der Waals surface area contributed by atoms with Crippen LogP contribution in [0.5, 0.6) is 0 Å². The molecule has 4 rings (SSSR count). The molecule has 4 aromatic rings. The molecule has 0 aliphatic rings. The summed E-state index contributed by atoms with van der Waals surface area (Å²) in [7, 11) is 0. The number of aromatic nitrogens is 1. The van der Waals surface area contributed by atoms with Crippen LogP contribution in [-0.2, 0) is 0 Å². The fourth-order valence-corrected chi connectivity index (χ4v) is 3.11. The first-order valence-corrected chi connectivity index (χ1v) is 7.67. The van der Waals surface area contributed by atoms with E-state index < -0.39 is 0 Å². The maximum atomic E-state index is 12.7. The van der Waals surface area contributed by atoms with E-state index in [0.717, 1.165) is 38.9 Å². The van der Waals surface area contributed by atoms with Crippen molar-refractivity contribution in [3.05, 3.63) is 75.7 Å². The number of aryl methyl sites for hydroxylation is 3. The van der Waals surface area contributed by atoms with Crippen LogP contribution in [0.1, 0.15) is 16.8 Å². The van der Waals surface area contributed by atoms with Crippen molar-refractivity contribution in [1.82, 2.24) is 4.57 Å². The van der Waals surface area contributed by atoms with Crippen molar-refractivity contribution in [3.8, 4) is 5.69 Å². The highest BCUT2D eigenvalue weighted by Crippen LogP contribution is 2.30. The minimum absolute atomic E-state index is 0.0397. The Hall–Kier alpha value is -2.81. The molecule has 0 saturated heterocycles. The van der Waals surface area contributed by atoms with E-state index in [1.54, 1.807) is 10.6 Å². The van der Waals surface area contributed by atoms with E-state index in [1.807, 2.05) is 63.2 Å². The number of furan rings is 1. The quantitative estimate of drug-likeness (QED) is 0.512. The fraction of sp³-hybridized carbons (Fsp3) is 0.150. The van der Waals surface area contributed by atoms with Gasteiger partial charge in [0.1, 0.15) is 5.58 Å². The van der Waals surface area contributed by atoms with Crippen molar-refractivity contribution < 1.29 is 4.42 Å². The van der Waals surface area contributed by atoms with Gasteiger partial charge in [-0.15, -0.1) is 0 Å². The first-order chi connectivity index (χ1) is 11.0. The summed E-state index contributed by atoms with van der Waals surface area (Å²) in [5, 5.41) is 1.87. The van der Waals surface area contributed by atoms with Gasteiger partial charge in [-0.25, -0.2) is 0 Å². The van der Waals surface area contributed by atoms with E-state index in [0.29, 0.717) is 0 Å². The second-order valence-electron chi connectivity index (χ2n) is 6.08. The lowest BCUT2D eigenvalue weighted by Gasteiger charge is -2.10. The molecule has 2 aromatic carbocycles. The van der Waals surface area contributed by atoms with Crippen LogP contribution in [0.25, 0.3) is 27.6 Å². The summed E-state index contributed by atoms with van der Waals surface area (Å²) in [5.74, 6) is 0. The lowest BCUT2D eigenvalue weighted by Crippen LogP contribution is -2.19. The summed E-state index contributed by atoms with van der Waals surface area (Å²) >= 11 is 0. The molecule has 0 aliphatic carbocycles. The lowest BCUT2D eigenvalue weighted by molar-refractivity contribution is 0.658. The van der Waals surface area contributed by atoms with E-state index in [2.05, 4.69) is 0 Å². The van der Waals surface area contributed by atoms with Gasteiger partial charge in [-0.2, -0.15) is 0 Å². The molecule has 3 heteroatoms. The first-order valence-electron chi connectivity index (χ1n) is 7.67. The Balaban J connectivity index is 2.09. The van der Waals surface area contributed by atoms with Gasteiger partial charge in [0.25, 0.3) is 5.56 Å². The van der Waals surface area contributed by atoms with Crippen LogP contribution in [0, 0.1) is 20.8 Å². The number of rotatable bonds is 1. The van der Waals surface area contributed by atoms with Gasteiger partial charge in [0.2, 0.25) is 0 Å². The van der Waals surface area contributed by atoms with Crippen molar-refractivity contribution >= 4 is 21.9 Å². The number of benzene rings is 2. The van der Waals surface area contributed by atoms with Gasteiger partial charge in [-0.05, 0) is 44.5 Å². The van der Waals surface area contributed by atoms with Crippen molar-refractivity contribution in [2.75, 3.05) is 0 Å². The van der Waals surface area contributed by atoms with Crippen molar-refractivity contribution in [1.29, 1.82) is 0 Å². The summed E-state index contributed by atoms with van der Waals surface area (Å²) in [6.07, 6.45) is 0. The Labute approximate surface area is 133 Å². The minimum Gasteiger partial charge on any atom is -0.454 e. The fourth-order valence-electron chi connectivity index (χ4n) is 3.11. The number of hydrogen-bond donors (Lipinski definition) is 0. The molecule has 0 fully saturated rings. The van der Waals surface area contributed by atoms with Gasteiger partial charge in [0, 0.05) is 22.5 Å². The monoisotopic (exact) mass is 303 g/mol. The molecule has 3 nitrogen and oxygen atoms in total. The molecule has 2 aromatic heterocycles. The molecule has 0 radical (unpaired) electrons. The molecule has 0 amide bonds. The Morgan fingerprint density at radius 2 is 1.52 bits per heavy atom. The summed E-state index contributed by atoms with van der Waals surface area (Å²) < 4.78 is 7.75. The average Bonchev–Trinajstić information content (AvgIpc) is 2.87. The molecule has 0 atom stereocenters. The predicted octanol–water partition coefficient (Wildman–Crippen LogP) is 4.66. The van der Waals surface area contributed by atoms with Crippen LogP contribution in [0.15, 0.2) is 57.7 Å². The van der Waals surface area contributed by atoms with Gasteiger partial charge < -0.3 is 4.42 Å². The summed E-state index contributed by atoms with van der Waals surface area (Å²) in [4.78, 5) is 12.7. The predicted molar refractivity (Wildman–Crippen MR) is 93.5 cm³/mol. The highest BCUT2D eigenvalue weighted by Gasteiger charge is 2.14. The van der Waals surface area contributed by atoms with Gasteiger partial charge >= 0.3 is 0 Å². The maximum Gasteiger partial charge on any atom is 0.256 e. The molecular formula is C20H17NO2. The van der Waals surface area contributed by atoms with Crippen LogP contribution >= 0.6 is 0 Å². The summed E-state index contributed by atoms with van der Waals surface area (Å²) in [6, 6.07) is 15.7. The van der Waals surface area contributed by atoms with Gasteiger partial charge in [0.05, 0.1) is 5.69 Å². The highest BCUT2D eigenvalue weighted by molar-refractivity contribution is 6.05. The molecule has 0 bridgehead atoms. The van der Waals surface area contributed by atoms with Crippen LogP contribution in [0.4, 0.5) is 0 Å². The molecule has 0 aliphatic heterocycles. The van der Waals surface area contributed by atoms with E-state index in [9.17, 15) is 4.79 Å². The highest BCUT2D eigenvalue weighted by atomic mass is 16.3. The van der Waals surface area contributed by atoms with Gasteiger partial charge in [0.15, 0.2) is 5.58 Å².